The third-order valence-corrected chi connectivity index (χ3v) is 5.40. The predicted molar refractivity (Wildman–Crippen MR) is 76.2 cm³/mol. The van der Waals surface area contributed by atoms with Crippen LogP contribution in [0.5, 0.6) is 5.75 Å². The Balaban J connectivity index is 2.27. The van der Waals surface area contributed by atoms with Crippen LogP contribution < -0.4 is 10.1 Å². The summed E-state index contributed by atoms with van der Waals surface area (Å²) in [6.07, 6.45) is 0.717. The minimum atomic E-state index is -2.86. The first-order chi connectivity index (χ1) is 9.07. The number of para-hydroxylation sites is 1. The number of sulfone groups is 1. The van der Waals surface area contributed by atoms with Crippen molar-refractivity contribution in [1.82, 2.24) is 5.32 Å². The van der Waals surface area contributed by atoms with Crippen LogP contribution in [0.25, 0.3) is 0 Å². The zero-order valence-electron chi connectivity index (χ0n) is 11.4. The molecule has 19 heavy (non-hydrogen) atoms. The lowest BCUT2D eigenvalue weighted by Gasteiger charge is -2.24. The fraction of sp³-hybridized carbons (Fsp3) is 0.571. The molecule has 1 aliphatic rings. The van der Waals surface area contributed by atoms with Gasteiger partial charge in [-0.05, 0) is 32.4 Å². The molecule has 0 amide bonds. The largest absolute Gasteiger partial charge is 0.494 e. The summed E-state index contributed by atoms with van der Waals surface area (Å²) in [4.78, 5) is 0. The molecule has 0 spiro atoms. The van der Waals surface area contributed by atoms with Gasteiger partial charge in [0.1, 0.15) is 5.75 Å². The lowest BCUT2D eigenvalue weighted by Crippen LogP contribution is -2.26. The Hall–Kier alpha value is -1.07. The average Bonchev–Trinajstić information content (AvgIpc) is 2.73. The number of hydrogen-bond acceptors (Lipinski definition) is 4. The van der Waals surface area contributed by atoms with Gasteiger partial charge in [-0.2, -0.15) is 0 Å². The number of ether oxygens (including phenoxy) is 1. The van der Waals surface area contributed by atoms with Crippen LogP contribution in [0.4, 0.5) is 0 Å². The standard InChI is InChI=1S/C14H21NO3S/c1-3-18-13-7-5-4-6-12(13)14(15-2)11-8-9-19(16,17)10-11/h4-7,11,14-15H,3,8-10H2,1-2H3. The number of rotatable bonds is 5. The second-order valence-corrected chi connectivity index (χ2v) is 7.13. The predicted octanol–water partition coefficient (Wildman–Crippen LogP) is 1.78. The van der Waals surface area contributed by atoms with Gasteiger partial charge in [-0.3, -0.25) is 0 Å². The van der Waals surface area contributed by atoms with E-state index in [-0.39, 0.29) is 17.7 Å². The molecule has 106 valence electrons. The monoisotopic (exact) mass is 283 g/mol. The highest BCUT2D eigenvalue weighted by Gasteiger charge is 2.34. The molecular formula is C14H21NO3S. The number of nitrogens with one attached hydrogen (secondary N) is 1. The van der Waals surface area contributed by atoms with E-state index in [0.29, 0.717) is 18.8 Å². The van der Waals surface area contributed by atoms with Crippen LogP contribution in [0.3, 0.4) is 0 Å². The van der Waals surface area contributed by atoms with Gasteiger partial charge in [-0.15, -0.1) is 0 Å². The summed E-state index contributed by atoms with van der Waals surface area (Å²) in [6, 6.07) is 7.88. The van der Waals surface area contributed by atoms with Gasteiger partial charge in [0.2, 0.25) is 0 Å². The number of benzene rings is 1. The SMILES string of the molecule is CCOc1ccccc1C(NC)C1CCS(=O)(=O)C1. The third kappa shape index (κ3) is 3.28. The Labute approximate surface area is 115 Å². The van der Waals surface area contributed by atoms with Crippen molar-refractivity contribution >= 4 is 9.84 Å². The normalized spacial score (nSPS) is 23.2. The Morgan fingerprint density at radius 2 is 2.16 bits per heavy atom. The highest BCUT2D eigenvalue weighted by atomic mass is 32.2. The average molecular weight is 283 g/mol. The van der Waals surface area contributed by atoms with Crippen molar-refractivity contribution in [3.8, 4) is 5.75 Å². The van der Waals surface area contributed by atoms with Crippen molar-refractivity contribution < 1.29 is 13.2 Å². The first-order valence-electron chi connectivity index (χ1n) is 6.67. The second-order valence-electron chi connectivity index (χ2n) is 4.90. The zero-order valence-corrected chi connectivity index (χ0v) is 12.2. The van der Waals surface area contributed by atoms with Crippen molar-refractivity contribution in [2.45, 2.75) is 19.4 Å². The summed E-state index contributed by atoms with van der Waals surface area (Å²) in [6.45, 7) is 2.56. The maximum absolute atomic E-state index is 11.6. The molecule has 0 saturated carbocycles. The van der Waals surface area contributed by atoms with E-state index in [0.717, 1.165) is 11.3 Å². The topological polar surface area (TPSA) is 55.4 Å². The van der Waals surface area contributed by atoms with E-state index in [1.807, 2.05) is 38.2 Å². The molecule has 5 heteroatoms. The van der Waals surface area contributed by atoms with E-state index in [2.05, 4.69) is 5.32 Å². The first kappa shape index (κ1) is 14.3. The zero-order chi connectivity index (χ0) is 13.9. The van der Waals surface area contributed by atoms with Crippen molar-refractivity contribution in [1.29, 1.82) is 0 Å². The van der Waals surface area contributed by atoms with Gasteiger partial charge in [-0.25, -0.2) is 8.42 Å². The summed E-state index contributed by atoms with van der Waals surface area (Å²) in [5, 5.41) is 3.25. The Bertz CT molecular complexity index is 527. The van der Waals surface area contributed by atoms with Crippen LogP contribution in [0.1, 0.15) is 24.9 Å². The molecule has 0 aliphatic carbocycles. The molecule has 1 aromatic carbocycles. The smallest absolute Gasteiger partial charge is 0.150 e. The lowest BCUT2D eigenvalue weighted by molar-refractivity contribution is 0.323. The molecule has 2 atom stereocenters. The van der Waals surface area contributed by atoms with E-state index in [4.69, 9.17) is 4.74 Å². The summed E-state index contributed by atoms with van der Waals surface area (Å²) < 4.78 is 28.9. The van der Waals surface area contributed by atoms with Crippen LogP contribution in [0.2, 0.25) is 0 Å². The maximum Gasteiger partial charge on any atom is 0.150 e. The van der Waals surface area contributed by atoms with Gasteiger partial charge >= 0.3 is 0 Å². The van der Waals surface area contributed by atoms with Crippen molar-refractivity contribution in [2.75, 3.05) is 25.2 Å². The molecule has 0 bridgehead atoms. The Kier molecular flexibility index (Phi) is 4.47. The Morgan fingerprint density at radius 3 is 2.74 bits per heavy atom. The van der Waals surface area contributed by atoms with Crippen LogP contribution in [0, 0.1) is 5.92 Å². The van der Waals surface area contributed by atoms with Crippen molar-refractivity contribution in [2.24, 2.45) is 5.92 Å². The maximum atomic E-state index is 11.6. The highest BCUT2D eigenvalue weighted by Crippen LogP contribution is 2.35. The minimum Gasteiger partial charge on any atom is -0.494 e. The molecule has 1 aromatic rings. The molecular weight excluding hydrogens is 262 g/mol. The summed E-state index contributed by atoms with van der Waals surface area (Å²) in [5.41, 5.74) is 1.05. The third-order valence-electron chi connectivity index (χ3n) is 3.60. The first-order valence-corrected chi connectivity index (χ1v) is 8.49. The van der Waals surface area contributed by atoms with Gasteiger partial charge in [0.25, 0.3) is 0 Å². The van der Waals surface area contributed by atoms with Gasteiger partial charge in [0, 0.05) is 11.6 Å². The fourth-order valence-corrected chi connectivity index (χ4v) is 4.60. The van der Waals surface area contributed by atoms with Gasteiger partial charge in [0.15, 0.2) is 9.84 Å². The van der Waals surface area contributed by atoms with Crippen molar-refractivity contribution in [3.63, 3.8) is 0 Å². The summed E-state index contributed by atoms with van der Waals surface area (Å²) in [5.74, 6) is 1.52. The molecule has 2 unspecified atom stereocenters. The summed E-state index contributed by atoms with van der Waals surface area (Å²) >= 11 is 0. The highest BCUT2D eigenvalue weighted by molar-refractivity contribution is 7.91. The fourth-order valence-electron chi connectivity index (χ4n) is 2.76. The van der Waals surface area contributed by atoms with Crippen LogP contribution in [0.15, 0.2) is 24.3 Å². The quantitative estimate of drug-likeness (QED) is 0.895. The molecule has 2 rings (SSSR count). The molecule has 0 aromatic heterocycles. The van der Waals surface area contributed by atoms with E-state index >= 15 is 0 Å². The molecule has 1 N–H and O–H groups in total. The van der Waals surface area contributed by atoms with E-state index in [1.54, 1.807) is 0 Å². The number of hydrogen-bond donors (Lipinski definition) is 1. The molecule has 4 nitrogen and oxygen atoms in total. The summed E-state index contributed by atoms with van der Waals surface area (Å²) in [7, 11) is -0.991. The van der Waals surface area contributed by atoms with Crippen LogP contribution in [-0.2, 0) is 9.84 Å². The van der Waals surface area contributed by atoms with Crippen LogP contribution in [-0.4, -0.2) is 33.6 Å². The van der Waals surface area contributed by atoms with E-state index < -0.39 is 9.84 Å². The molecule has 1 aliphatic heterocycles. The van der Waals surface area contributed by atoms with Gasteiger partial charge in [-0.1, -0.05) is 18.2 Å². The molecule has 1 saturated heterocycles. The Morgan fingerprint density at radius 1 is 1.42 bits per heavy atom. The molecule has 1 heterocycles. The second kappa shape index (κ2) is 5.92. The van der Waals surface area contributed by atoms with E-state index in [1.165, 1.54) is 0 Å². The van der Waals surface area contributed by atoms with Gasteiger partial charge < -0.3 is 10.1 Å². The van der Waals surface area contributed by atoms with Crippen LogP contribution >= 0.6 is 0 Å². The van der Waals surface area contributed by atoms with Crippen molar-refractivity contribution in [3.05, 3.63) is 29.8 Å². The molecule has 1 fully saturated rings. The van der Waals surface area contributed by atoms with E-state index in [9.17, 15) is 8.42 Å². The van der Waals surface area contributed by atoms with Gasteiger partial charge in [0.05, 0.1) is 18.1 Å². The minimum absolute atomic E-state index is 0.0278. The molecule has 0 radical (unpaired) electrons. The lowest BCUT2D eigenvalue weighted by atomic mass is 9.92.